The number of furan rings is 1. The summed E-state index contributed by atoms with van der Waals surface area (Å²) in [4.78, 5) is 4.49. The SMILES string of the molecule is CCNC(=NCC(C)(O)c1ccco1)NCCc1cc(C)ccc1OC.I. The van der Waals surface area contributed by atoms with E-state index in [1.54, 1.807) is 32.4 Å². The third-order valence-electron chi connectivity index (χ3n) is 4.06. The second kappa shape index (κ2) is 11.2. The first kappa shape index (κ1) is 23.3. The molecule has 3 N–H and O–H groups in total. The molecule has 0 saturated carbocycles. The van der Waals surface area contributed by atoms with Gasteiger partial charge in [0.15, 0.2) is 5.96 Å². The number of hydrogen-bond acceptors (Lipinski definition) is 4. The predicted octanol–water partition coefficient (Wildman–Crippen LogP) is 3.22. The average Bonchev–Trinajstić information content (AvgIpc) is 3.15. The van der Waals surface area contributed by atoms with Crippen LogP contribution < -0.4 is 15.4 Å². The molecule has 1 heterocycles. The summed E-state index contributed by atoms with van der Waals surface area (Å²) in [6.45, 7) is 7.40. The fraction of sp³-hybridized carbons (Fsp3) is 0.450. The molecule has 2 rings (SSSR count). The van der Waals surface area contributed by atoms with E-state index in [1.807, 2.05) is 19.1 Å². The Morgan fingerprint density at radius 3 is 2.70 bits per heavy atom. The summed E-state index contributed by atoms with van der Waals surface area (Å²) >= 11 is 0. The second-order valence-corrected chi connectivity index (χ2v) is 6.44. The van der Waals surface area contributed by atoms with Crippen molar-refractivity contribution >= 4 is 29.9 Å². The molecule has 0 spiro atoms. The summed E-state index contributed by atoms with van der Waals surface area (Å²) in [6, 6.07) is 9.67. The van der Waals surface area contributed by atoms with Crippen LogP contribution in [0.3, 0.4) is 0 Å². The molecular formula is C20H30IN3O3. The zero-order valence-corrected chi connectivity index (χ0v) is 18.7. The van der Waals surface area contributed by atoms with Gasteiger partial charge < -0.3 is 24.9 Å². The molecular weight excluding hydrogens is 457 g/mol. The first-order chi connectivity index (χ1) is 12.5. The lowest BCUT2D eigenvalue weighted by Gasteiger charge is -2.19. The molecule has 150 valence electrons. The number of ether oxygens (including phenoxy) is 1. The molecule has 0 amide bonds. The number of nitrogens with zero attached hydrogens (tertiary/aromatic N) is 1. The third-order valence-corrected chi connectivity index (χ3v) is 4.06. The lowest BCUT2D eigenvalue weighted by Crippen LogP contribution is -2.39. The van der Waals surface area contributed by atoms with Crippen molar-refractivity contribution in [2.75, 3.05) is 26.7 Å². The number of aliphatic imine (C=N–C) groups is 1. The molecule has 0 aliphatic rings. The summed E-state index contributed by atoms with van der Waals surface area (Å²) in [5.74, 6) is 2.05. The Balaban J connectivity index is 0.00000364. The van der Waals surface area contributed by atoms with Crippen LogP contribution in [0.25, 0.3) is 0 Å². The summed E-state index contributed by atoms with van der Waals surface area (Å²) < 4.78 is 10.7. The van der Waals surface area contributed by atoms with Crippen molar-refractivity contribution in [3.8, 4) is 5.75 Å². The quantitative estimate of drug-likeness (QED) is 0.303. The van der Waals surface area contributed by atoms with Gasteiger partial charge in [0.05, 0.1) is 19.9 Å². The number of hydrogen-bond donors (Lipinski definition) is 3. The van der Waals surface area contributed by atoms with E-state index >= 15 is 0 Å². The number of methoxy groups -OCH3 is 1. The highest BCUT2D eigenvalue weighted by molar-refractivity contribution is 14.0. The number of halogens is 1. The van der Waals surface area contributed by atoms with Crippen LogP contribution in [0.2, 0.25) is 0 Å². The van der Waals surface area contributed by atoms with Gasteiger partial charge in [0.25, 0.3) is 0 Å². The Labute approximate surface area is 178 Å². The van der Waals surface area contributed by atoms with Gasteiger partial charge in [-0.15, -0.1) is 24.0 Å². The third kappa shape index (κ3) is 7.06. The topological polar surface area (TPSA) is 79.0 Å². The fourth-order valence-electron chi connectivity index (χ4n) is 2.66. The molecule has 1 aromatic heterocycles. The van der Waals surface area contributed by atoms with Gasteiger partial charge >= 0.3 is 0 Å². The molecule has 2 aromatic rings. The maximum atomic E-state index is 10.5. The van der Waals surface area contributed by atoms with Crippen molar-refractivity contribution in [3.63, 3.8) is 0 Å². The van der Waals surface area contributed by atoms with Crippen LogP contribution in [0.4, 0.5) is 0 Å². The molecule has 0 bridgehead atoms. The van der Waals surface area contributed by atoms with Crippen LogP contribution in [0, 0.1) is 6.92 Å². The van der Waals surface area contributed by atoms with Gasteiger partial charge in [-0.2, -0.15) is 0 Å². The summed E-state index contributed by atoms with van der Waals surface area (Å²) in [5.41, 5.74) is 1.21. The molecule has 7 heteroatoms. The highest BCUT2D eigenvalue weighted by Gasteiger charge is 2.26. The average molecular weight is 487 g/mol. The van der Waals surface area contributed by atoms with Crippen LogP contribution in [0.5, 0.6) is 5.75 Å². The van der Waals surface area contributed by atoms with Gasteiger partial charge in [-0.05, 0) is 51.0 Å². The molecule has 0 saturated heterocycles. The van der Waals surface area contributed by atoms with Crippen molar-refractivity contribution < 1.29 is 14.3 Å². The van der Waals surface area contributed by atoms with Crippen molar-refractivity contribution in [1.82, 2.24) is 10.6 Å². The van der Waals surface area contributed by atoms with Crippen molar-refractivity contribution in [1.29, 1.82) is 0 Å². The molecule has 0 radical (unpaired) electrons. The minimum atomic E-state index is -1.15. The standard InChI is InChI=1S/C20H29N3O3.HI/c1-5-21-19(23-14-20(3,24)18-7-6-12-26-18)22-11-10-16-13-15(2)8-9-17(16)25-4;/h6-9,12-13,24H,5,10-11,14H2,1-4H3,(H2,21,22,23);1H. The smallest absolute Gasteiger partial charge is 0.191 e. The van der Waals surface area contributed by atoms with Gasteiger partial charge in [-0.1, -0.05) is 17.7 Å². The van der Waals surface area contributed by atoms with E-state index in [4.69, 9.17) is 9.15 Å². The largest absolute Gasteiger partial charge is 0.496 e. The number of aryl methyl sites for hydroxylation is 1. The molecule has 1 atom stereocenters. The van der Waals surface area contributed by atoms with E-state index in [1.165, 1.54) is 5.56 Å². The summed E-state index contributed by atoms with van der Waals surface area (Å²) in [6.07, 6.45) is 2.36. The van der Waals surface area contributed by atoms with E-state index in [0.29, 0.717) is 18.3 Å². The van der Waals surface area contributed by atoms with E-state index < -0.39 is 5.60 Å². The number of aliphatic hydroxyl groups is 1. The van der Waals surface area contributed by atoms with Crippen LogP contribution in [0.15, 0.2) is 46.0 Å². The summed E-state index contributed by atoms with van der Waals surface area (Å²) in [7, 11) is 1.68. The zero-order chi connectivity index (χ0) is 19.0. The van der Waals surface area contributed by atoms with Crippen molar-refractivity contribution in [2.24, 2.45) is 4.99 Å². The molecule has 27 heavy (non-hydrogen) atoms. The van der Waals surface area contributed by atoms with E-state index in [2.05, 4.69) is 28.6 Å². The van der Waals surface area contributed by atoms with E-state index in [0.717, 1.165) is 24.3 Å². The lowest BCUT2D eigenvalue weighted by atomic mass is 10.0. The maximum absolute atomic E-state index is 10.5. The van der Waals surface area contributed by atoms with Gasteiger partial charge in [-0.25, -0.2) is 4.99 Å². The number of nitrogens with one attached hydrogen (secondary N) is 2. The Hall–Kier alpha value is -1.74. The molecule has 0 aliphatic carbocycles. The molecule has 1 unspecified atom stereocenters. The van der Waals surface area contributed by atoms with Crippen LogP contribution in [0.1, 0.15) is 30.7 Å². The number of rotatable bonds is 8. The monoisotopic (exact) mass is 487 g/mol. The molecule has 6 nitrogen and oxygen atoms in total. The Morgan fingerprint density at radius 1 is 1.30 bits per heavy atom. The first-order valence-corrected chi connectivity index (χ1v) is 8.88. The zero-order valence-electron chi connectivity index (χ0n) is 16.4. The van der Waals surface area contributed by atoms with Crippen LogP contribution >= 0.6 is 24.0 Å². The van der Waals surface area contributed by atoms with Crippen molar-refractivity contribution in [3.05, 3.63) is 53.5 Å². The minimum Gasteiger partial charge on any atom is -0.496 e. The van der Waals surface area contributed by atoms with Crippen LogP contribution in [-0.2, 0) is 12.0 Å². The number of guanidine groups is 1. The fourth-order valence-corrected chi connectivity index (χ4v) is 2.66. The van der Waals surface area contributed by atoms with E-state index in [-0.39, 0.29) is 30.5 Å². The summed E-state index contributed by atoms with van der Waals surface area (Å²) in [5, 5.41) is 17.0. The van der Waals surface area contributed by atoms with E-state index in [9.17, 15) is 5.11 Å². The van der Waals surface area contributed by atoms with Gasteiger partial charge in [0, 0.05) is 13.1 Å². The minimum absolute atomic E-state index is 0. The molecule has 0 aliphatic heterocycles. The Bertz CT molecular complexity index is 715. The first-order valence-electron chi connectivity index (χ1n) is 8.88. The maximum Gasteiger partial charge on any atom is 0.191 e. The van der Waals surface area contributed by atoms with Gasteiger partial charge in [-0.3, -0.25) is 0 Å². The highest BCUT2D eigenvalue weighted by atomic mass is 127. The molecule has 1 aromatic carbocycles. The van der Waals surface area contributed by atoms with Crippen molar-refractivity contribution in [2.45, 2.75) is 32.8 Å². The molecule has 0 fully saturated rings. The van der Waals surface area contributed by atoms with Gasteiger partial charge in [0.1, 0.15) is 17.1 Å². The Morgan fingerprint density at radius 2 is 2.07 bits per heavy atom. The van der Waals surface area contributed by atoms with Crippen LogP contribution in [-0.4, -0.2) is 37.8 Å². The highest BCUT2D eigenvalue weighted by Crippen LogP contribution is 2.21. The van der Waals surface area contributed by atoms with Gasteiger partial charge in [0.2, 0.25) is 0 Å². The number of benzene rings is 1. The Kier molecular flexibility index (Phi) is 9.65. The second-order valence-electron chi connectivity index (χ2n) is 6.44. The normalized spacial score (nSPS) is 13.4. The lowest BCUT2D eigenvalue weighted by molar-refractivity contribution is 0.0437. The predicted molar refractivity (Wildman–Crippen MR) is 119 cm³/mol.